The van der Waals surface area contributed by atoms with Gasteiger partial charge in [-0.1, -0.05) is 30.3 Å². The zero-order valence-corrected chi connectivity index (χ0v) is 12.2. The number of methoxy groups -OCH3 is 2. The minimum atomic E-state index is -0.139. The van der Waals surface area contributed by atoms with Crippen molar-refractivity contribution in [1.82, 2.24) is 0 Å². The first kappa shape index (κ1) is 13.8. The topological polar surface area (TPSA) is 53.7 Å². The van der Waals surface area contributed by atoms with Crippen molar-refractivity contribution in [2.24, 2.45) is 5.73 Å². The molecule has 2 aromatic rings. The van der Waals surface area contributed by atoms with Crippen LogP contribution in [-0.4, -0.2) is 14.2 Å². The highest BCUT2D eigenvalue weighted by atomic mass is 16.5. The summed E-state index contributed by atoms with van der Waals surface area (Å²) in [6.07, 6.45) is 0.570. The molecule has 0 amide bonds. The van der Waals surface area contributed by atoms with E-state index < -0.39 is 0 Å². The van der Waals surface area contributed by atoms with Gasteiger partial charge in [-0.05, 0) is 12.1 Å². The number of fused-ring (bicyclic) bond motifs is 1. The molecule has 1 aliphatic rings. The van der Waals surface area contributed by atoms with Crippen molar-refractivity contribution in [3.63, 3.8) is 0 Å². The maximum Gasteiger partial charge on any atom is 0.167 e. The molecule has 0 bridgehead atoms. The summed E-state index contributed by atoms with van der Waals surface area (Å²) in [6.45, 7) is 0. The van der Waals surface area contributed by atoms with E-state index in [1.165, 1.54) is 0 Å². The molecule has 0 radical (unpaired) electrons. The number of para-hydroxylation sites is 2. The molecule has 2 aromatic carbocycles. The van der Waals surface area contributed by atoms with Crippen LogP contribution in [0.25, 0.3) is 0 Å². The third-order valence-corrected chi connectivity index (χ3v) is 3.84. The summed E-state index contributed by atoms with van der Waals surface area (Å²) >= 11 is 0. The molecule has 21 heavy (non-hydrogen) atoms. The fourth-order valence-electron chi connectivity index (χ4n) is 2.81. The largest absolute Gasteiger partial charge is 0.493 e. The molecule has 0 spiro atoms. The molecular weight excluding hydrogens is 266 g/mol. The zero-order valence-electron chi connectivity index (χ0n) is 12.2. The van der Waals surface area contributed by atoms with Crippen LogP contribution in [0.5, 0.6) is 17.2 Å². The monoisotopic (exact) mass is 285 g/mol. The Labute approximate surface area is 124 Å². The smallest absolute Gasteiger partial charge is 0.167 e. The average molecular weight is 285 g/mol. The number of rotatable bonds is 3. The Bertz CT molecular complexity index is 642. The quantitative estimate of drug-likeness (QED) is 0.940. The molecule has 1 heterocycles. The Morgan fingerprint density at radius 2 is 1.76 bits per heavy atom. The van der Waals surface area contributed by atoms with Gasteiger partial charge in [-0.25, -0.2) is 0 Å². The Morgan fingerprint density at radius 1 is 1.00 bits per heavy atom. The Kier molecular flexibility index (Phi) is 3.71. The molecule has 4 nitrogen and oxygen atoms in total. The highest BCUT2D eigenvalue weighted by Crippen LogP contribution is 2.44. The predicted octanol–water partition coefficient (Wildman–Crippen LogP) is 3.23. The van der Waals surface area contributed by atoms with Gasteiger partial charge < -0.3 is 19.9 Å². The van der Waals surface area contributed by atoms with Gasteiger partial charge in [0.15, 0.2) is 11.5 Å². The van der Waals surface area contributed by atoms with E-state index in [-0.39, 0.29) is 12.1 Å². The van der Waals surface area contributed by atoms with Crippen LogP contribution < -0.4 is 19.9 Å². The third kappa shape index (κ3) is 2.43. The van der Waals surface area contributed by atoms with Crippen molar-refractivity contribution in [2.45, 2.75) is 18.6 Å². The molecule has 3 rings (SSSR count). The van der Waals surface area contributed by atoms with Crippen molar-refractivity contribution in [1.29, 1.82) is 0 Å². The minimum absolute atomic E-state index is 0.0455. The Hall–Kier alpha value is -2.20. The number of hydrogen-bond acceptors (Lipinski definition) is 4. The maximum absolute atomic E-state index is 6.28. The molecule has 110 valence electrons. The van der Waals surface area contributed by atoms with Crippen LogP contribution in [0.3, 0.4) is 0 Å². The SMILES string of the molecule is COc1cccc(C2CC(N)c3ccccc3O2)c1OC. The van der Waals surface area contributed by atoms with E-state index in [1.54, 1.807) is 14.2 Å². The molecule has 0 aromatic heterocycles. The van der Waals surface area contributed by atoms with Gasteiger partial charge in [0.25, 0.3) is 0 Å². The summed E-state index contributed by atoms with van der Waals surface area (Å²) in [5.41, 5.74) is 8.30. The average Bonchev–Trinajstić information content (AvgIpc) is 2.54. The lowest BCUT2D eigenvalue weighted by atomic mass is 9.93. The van der Waals surface area contributed by atoms with Crippen molar-refractivity contribution in [2.75, 3.05) is 14.2 Å². The normalized spacial score (nSPS) is 20.3. The van der Waals surface area contributed by atoms with Crippen LogP contribution in [-0.2, 0) is 0 Å². The molecule has 0 fully saturated rings. The third-order valence-electron chi connectivity index (χ3n) is 3.84. The van der Waals surface area contributed by atoms with E-state index in [4.69, 9.17) is 19.9 Å². The second-order valence-corrected chi connectivity index (χ2v) is 5.07. The Balaban J connectivity index is 2.00. The summed E-state index contributed by atoms with van der Waals surface area (Å²) in [5, 5.41) is 0. The van der Waals surface area contributed by atoms with Crippen LogP contribution in [0.1, 0.15) is 29.7 Å². The first-order chi connectivity index (χ1) is 10.2. The van der Waals surface area contributed by atoms with E-state index in [2.05, 4.69) is 0 Å². The van der Waals surface area contributed by atoms with Crippen LogP contribution in [0.15, 0.2) is 42.5 Å². The predicted molar refractivity (Wildman–Crippen MR) is 80.9 cm³/mol. The summed E-state index contributed by atoms with van der Waals surface area (Å²) in [6, 6.07) is 13.7. The second-order valence-electron chi connectivity index (χ2n) is 5.07. The van der Waals surface area contributed by atoms with Gasteiger partial charge in [-0.2, -0.15) is 0 Å². The fraction of sp³-hybridized carbons (Fsp3) is 0.294. The lowest BCUT2D eigenvalue weighted by molar-refractivity contribution is 0.157. The fourth-order valence-corrected chi connectivity index (χ4v) is 2.81. The molecule has 0 saturated carbocycles. The molecule has 4 heteroatoms. The van der Waals surface area contributed by atoms with E-state index >= 15 is 0 Å². The highest BCUT2D eigenvalue weighted by molar-refractivity contribution is 5.49. The van der Waals surface area contributed by atoms with Crippen molar-refractivity contribution in [3.8, 4) is 17.2 Å². The van der Waals surface area contributed by atoms with Gasteiger partial charge in [0.05, 0.1) is 14.2 Å². The summed E-state index contributed by atoms with van der Waals surface area (Å²) in [7, 11) is 3.27. The van der Waals surface area contributed by atoms with Crippen LogP contribution in [0.4, 0.5) is 0 Å². The first-order valence-corrected chi connectivity index (χ1v) is 6.96. The van der Waals surface area contributed by atoms with Gasteiger partial charge in [-0.3, -0.25) is 0 Å². The minimum Gasteiger partial charge on any atom is -0.493 e. The number of hydrogen-bond donors (Lipinski definition) is 1. The zero-order chi connectivity index (χ0) is 14.8. The Morgan fingerprint density at radius 3 is 2.52 bits per heavy atom. The molecule has 2 atom stereocenters. The number of ether oxygens (including phenoxy) is 3. The van der Waals surface area contributed by atoms with Crippen LogP contribution in [0.2, 0.25) is 0 Å². The molecule has 1 aliphatic heterocycles. The van der Waals surface area contributed by atoms with E-state index in [0.29, 0.717) is 17.9 Å². The molecule has 0 aliphatic carbocycles. The lowest BCUT2D eigenvalue weighted by Crippen LogP contribution is -2.24. The van der Waals surface area contributed by atoms with Gasteiger partial charge >= 0.3 is 0 Å². The van der Waals surface area contributed by atoms with E-state index in [9.17, 15) is 0 Å². The van der Waals surface area contributed by atoms with Gasteiger partial charge in [0, 0.05) is 23.6 Å². The standard InChI is InChI=1S/C17H19NO3/c1-19-15-9-5-7-12(17(15)20-2)16-10-13(18)11-6-3-4-8-14(11)21-16/h3-9,13,16H,10,18H2,1-2H3. The van der Waals surface area contributed by atoms with Crippen LogP contribution in [0, 0.1) is 0 Å². The summed E-state index contributed by atoms with van der Waals surface area (Å²) in [4.78, 5) is 0. The van der Waals surface area contributed by atoms with E-state index in [0.717, 1.165) is 16.9 Å². The maximum atomic E-state index is 6.28. The van der Waals surface area contributed by atoms with E-state index in [1.807, 2.05) is 42.5 Å². The van der Waals surface area contributed by atoms with Crippen molar-refractivity contribution >= 4 is 0 Å². The van der Waals surface area contributed by atoms with Crippen LogP contribution >= 0.6 is 0 Å². The first-order valence-electron chi connectivity index (χ1n) is 6.96. The lowest BCUT2D eigenvalue weighted by Gasteiger charge is -2.31. The van der Waals surface area contributed by atoms with Crippen molar-refractivity contribution < 1.29 is 14.2 Å². The van der Waals surface area contributed by atoms with Gasteiger partial charge in [0.2, 0.25) is 0 Å². The van der Waals surface area contributed by atoms with Gasteiger partial charge in [-0.15, -0.1) is 0 Å². The highest BCUT2D eigenvalue weighted by Gasteiger charge is 2.29. The molecule has 2 unspecified atom stereocenters. The molecular formula is C17H19NO3. The number of nitrogens with two attached hydrogens (primary N) is 1. The second kappa shape index (κ2) is 5.66. The summed E-state index contributed by atoms with van der Waals surface area (Å²) < 4.78 is 17.0. The molecule has 2 N–H and O–H groups in total. The molecule has 0 saturated heterocycles. The van der Waals surface area contributed by atoms with Gasteiger partial charge in [0.1, 0.15) is 11.9 Å². The number of benzene rings is 2. The van der Waals surface area contributed by atoms with Crippen molar-refractivity contribution in [3.05, 3.63) is 53.6 Å². The summed E-state index contributed by atoms with van der Waals surface area (Å²) in [5.74, 6) is 2.24.